The third-order valence-corrected chi connectivity index (χ3v) is 7.17. The number of nitrogens with one attached hydrogen (secondary N) is 1. The first-order valence-electron chi connectivity index (χ1n) is 11.9. The Kier molecular flexibility index (Phi) is 6.93. The lowest BCUT2D eigenvalue weighted by atomic mass is 10.0. The van der Waals surface area contributed by atoms with Crippen molar-refractivity contribution >= 4 is 28.8 Å². The highest BCUT2D eigenvalue weighted by atomic mass is 32.1. The second-order valence-electron chi connectivity index (χ2n) is 9.00. The fourth-order valence-corrected chi connectivity index (χ4v) is 4.72. The molecule has 1 unspecified atom stereocenters. The maximum atomic E-state index is 13.2. The fourth-order valence-electron chi connectivity index (χ4n) is 3.98. The zero-order chi connectivity index (χ0) is 26.0. The highest BCUT2D eigenvalue weighted by Gasteiger charge is 2.34. The molecule has 4 heterocycles. The molecular formula is C27H26N4O5S. The number of aromatic nitrogens is 2. The maximum absolute atomic E-state index is 13.2. The molecule has 2 aliphatic rings. The van der Waals surface area contributed by atoms with Gasteiger partial charge in [-0.3, -0.25) is 14.6 Å². The van der Waals surface area contributed by atoms with Gasteiger partial charge in [-0.25, -0.2) is 4.98 Å². The van der Waals surface area contributed by atoms with E-state index in [1.54, 1.807) is 48.8 Å². The van der Waals surface area contributed by atoms with Gasteiger partial charge in [0.2, 0.25) is 0 Å². The molecule has 0 radical (unpaired) electrons. The van der Waals surface area contributed by atoms with Crippen LogP contribution in [0.2, 0.25) is 0 Å². The molecule has 0 spiro atoms. The Morgan fingerprint density at radius 1 is 1.32 bits per heavy atom. The number of carbonyl (C=O) groups excluding carboxylic acids is 2. The van der Waals surface area contributed by atoms with E-state index in [1.165, 1.54) is 4.90 Å². The summed E-state index contributed by atoms with van der Waals surface area (Å²) in [4.78, 5) is 36.4. The zero-order valence-electron chi connectivity index (χ0n) is 20.5. The van der Waals surface area contributed by atoms with Gasteiger partial charge in [-0.05, 0) is 42.3 Å². The largest absolute Gasteiger partial charge is 0.489 e. The van der Waals surface area contributed by atoms with Gasteiger partial charge in [-0.1, -0.05) is 18.8 Å². The number of pyridine rings is 1. The van der Waals surface area contributed by atoms with Crippen molar-refractivity contribution in [1.82, 2.24) is 15.3 Å². The number of carbonyl (C=O) groups is 2. The van der Waals surface area contributed by atoms with Crippen LogP contribution in [-0.2, 0) is 22.4 Å². The lowest BCUT2D eigenvalue weighted by Gasteiger charge is -2.30. The normalized spacial score (nSPS) is 18.0. The van der Waals surface area contributed by atoms with Gasteiger partial charge in [0.1, 0.15) is 24.1 Å². The molecule has 5 rings (SSSR count). The van der Waals surface area contributed by atoms with Crippen LogP contribution < -0.4 is 15.0 Å². The second kappa shape index (κ2) is 10.3. The summed E-state index contributed by atoms with van der Waals surface area (Å²) < 4.78 is 10.9. The van der Waals surface area contributed by atoms with Gasteiger partial charge < -0.3 is 24.8 Å². The molecule has 2 aromatic heterocycles. The van der Waals surface area contributed by atoms with E-state index in [2.05, 4.69) is 34.0 Å². The lowest BCUT2D eigenvalue weighted by Crippen LogP contribution is -2.49. The van der Waals surface area contributed by atoms with E-state index >= 15 is 0 Å². The number of aryl methyl sites for hydroxylation is 1. The molecule has 10 heteroatoms. The molecule has 0 aliphatic carbocycles. The average Bonchev–Trinajstić information content (AvgIpc) is 3.31. The SMILES string of the molecule is CCc1nc(Cc2ccnc(C(=O)NC3COc4ccc(C#CC5(O)COC5)cc4N(C)C3=O)c2)cs1. The van der Waals surface area contributed by atoms with E-state index in [0.717, 1.165) is 22.7 Å². The summed E-state index contributed by atoms with van der Waals surface area (Å²) in [5, 5.41) is 16.0. The molecular weight excluding hydrogens is 492 g/mol. The van der Waals surface area contributed by atoms with Crippen LogP contribution in [-0.4, -0.2) is 65.4 Å². The molecule has 0 bridgehead atoms. The Morgan fingerprint density at radius 2 is 2.16 bits per heavy atom. The number of amides is 2. The van der Waals surface area contributed by atoms with Gasteiger partial charge in [-0.2, -0.15) is 0 Å². The standard InChI is InChI=1S/C27H26N4O5S/c1-3-24-29-19(14-37-24)10-18-7-9-28-20(11-18)25(32)30-21-13-36-23-5-4-17(6-8-27(34)15-35-16-27)12-22(23)31(2)26(21)33/h4-5,7,9,11-12,14,21,34H,3,10,13,15-16H2,1-2H3,(H,30,32). The van der Waals surface area contributed by atoms with Crippen molar-refractivity contribution in [3.8, 4) is 17.6 Å². The monoisotopic (exact) mass is 518 g/mol. The number of hydrogen-bond donors (Lipinski definition) is 2. The molecule has 1 aromatic carbocycles. The van der Waals surface area contributed by atoms with Gasteiger partial charge in [0.25, 0.3) is 11.8 Å². The van der Waals surface area contributed by atoms with E-state index < -0.39 is 17.6 Å². The molecule has 1 fully saturated rings. The van der Waals surface area contributed by atoms with Crippen LogP contribution in [0.1, 0.15) is 39.2 Å². The molecule has 0 saturated carbocycles. The summed E-state index contributed by atoms with van der Waals surface area (Å²) in [6.07, 6.45) is 3.07. The highest BCUT2D eigenvalue weighted by Crippen LogP contribution is 2.31. The maximum Gasteiger partial charge on any atom is 0.270 e. The summed E-state index contributed by atoms with van der Waals surface area (Å²) >= 11 is 1.62. The van der Waals surface area contributed by atoms with Crippen molar-refractivity contribution in [1.29, 1.82) is 0 Å². The number of rotatable bonds is 5. The second-order valence-corrected chi connectivity index (χ2v) is 9.95. The third-order valence-electron chi connectivity index (χ3n) is 6.12. The molecule has 9 nitrogen and oxygen atoms in total. The minimum atomic E-state index is -1.13. The van der Waals surface area contributed by atoms with Crippen molar-refractivity contribution in [2.75, 3.05) is 31.8 Å². The third kappa shape index (κ3) is 5.49. The minimum absolute atomic E-state index is 0.0255. The molecule has 2 amide bonds. The Labute approximate surface area is 218 Å². The molecule has 2 aliphatic heterocycles. The van der Waals surface area contributed by atoms with Crippen LogP contribution in [0.3, 0.4) is 0 Å². The molecule has 190 valence electrons. The number of hydrogen-bond acceptors (Lipinski definition) is 8. The number of benzene rings is 1. The molecule has 1 saturated heterocycles. The summed E-state index contributed by atoms with van der Waals surface area (Å²) in [6.45, 7) is 2.39. The summed E-state index contributed by atoms with van der Waals surface area (Å²) in [7, 11) is 1.62. The van der Waals surface area contributed by atoms with Crippen molar-refractivity contribution in [2.24, 2.45) is 0 Å². The van der Waals surface area contributed by atoms with Crippen LogP contribution in [0.15, 0.2) is 41.9 Å². The Balaban J connectivity index is 1.28. The summed E-state index contributed by atoms with van der Waals surface area (Å²) in [5.74, 6) is 5.45. The predicted molar refractivity (Wildman–Crippen MR) is 138 cm³/mol. The van der Waals surface area contributed by atoms with Crippen molar-refractivity contribution in [2.45, 2.75) is 31.4 Å². The summed E-state index contributed by atoms with van der Waals surface area (Å²) in [6, 6.07) is 7.87. The number of fused-ring (bicyclic) bond motifs is 1. The van der Waals surface area contributed by atoms with E-state index in [-0.39, 0.29) is 31.4 Å². The van der Waals surface area contributed by atoms with Gasteiger partial charge in [0.05, 0.1) is 29.6 Å². The number of ether oxygens (including phenoxy) is 2. The Bertz CT molecular complexity index is 1410. The van der Waals surface area contributed by atoms with E-state index in [1.807, 2.05) is 11.4 Å². The number of likely N-dealkylation sites (N-methyl/N-ethyl adjacent to an activating group) is 1. The number of nitrogens with zero attached hydrogens (tertiary/aromatic N) is 3. The summed E-state index contributed by atoms with van der Waals surface area (Å²) in [5.41, 5.74) is 2.09. The zero-order valence-corrected chi connectivity index (χ0v) is 21.3. The van der Waals surface area contributed by atoms with E-state index in [9.17, 15) is 14.7 Å². The molecule has 1 atom stereocenters. The Morgan fingerprint density at radius 3 is 2.89 bits per heavy atom. The predicted octanol–water partition coefficient (Wildman–Crippen LogP) is 1.96. The van der Waals surface area contributed by atoms with Crippen LogP contribution in [0.4, 0.5) is 5.69 Å². The highest BCUT2D eigenvalue weighted by molar-refractivity contribution is 7.09. The molecule has 3 aromatic rings. The number of thiazole rings is 1. The van der Waals surface area contributed by atoms with Gasteiger partial charge in [0, 0.05) is 30.6 Å². The van der Waals surface area contributed by atoms with Crippen LogP contribution in [0, 0.1) is 11.8 Å². The van der Waals surface area contributed by atoms with Crippen molar-refractivity contribution < 1.29 is 24.2 Å². The average molecular weight is 519 g/mol. The van der Waals surface area contributed by atoms with Crippen LogP contribution in [0.5, 0.6) is 5.75 Å². The lowest BCUT2D eigenvalue weighted by molar-refractivity contribution is -0.140. The first-order chi connectivity index (χ1) is 17.8. The first kappa shape index (κ1) is 24.9. The van der Waals surface area contributed by atoms with Crippen molar-refractivity contribution in [3.63, 3.8) is 0 Å². The first-order valence-corrected chi connectivity index (χ1v) is 12.8. The Hall–Kier alpha value is -3.78. The number of aliphatic hydroxyl groups is 1. The molecule has 37 heavy (non-hydrogen) atoms. The van der Waals surface area contributed by atoms with Crippen LogP contribution >= 0.6 is 11.3 Å². The minimum Gasteiger partial charge on any atom is -0.489 e. The van der Waals surface area contributed by atoms with E-state index in [0.29, 0.717) is 23.4 Å². The molecule has 2 N–H and O–H groups in total. The van der Waals surface area contributed by atoms with Gasteiger partial charge >= 0.3 is 0 Å². The van der Waals surface area contributed by atoms with Crippen LogP contribution in [0.25, 0.3) is 0 Å². The van der Waals surface area contributed by atoms with Gasteiger partial charge in [-0.15, -0.1) is 11.3 Å². The number of anilines is 1. The topological polar surface area (TPSA) is 114 Å². The quantitative estimate of drug-likeness (QED) is 0.497. The smallest absolute Gasteiger partial charge is 0.270 e. The fraction of sp³-hybridized carbons (Fsp3) is 0.333. The van der Waals surface area contributed by atoms with Gasteiger partial charge in [0.15, 0.2) is 5.60 Å². The van der Waals surface area contributed by atoms with Crippen molar-refractivity contribution in [3.05, 3.63) is 69.4 Å². The van der Waals surface area contributed by atoms with E-state index in [4.69, 9.17) is 9.47 Å².